The Morgan fingerprint density at radius 2 is 1.77 bits per heavy atom. The minimum Gasteiger partial charge on any atom is -0.393 e. The first kappa shape index (κ1) is 32.7. The number of aliphatic hydroxyl groups is 1. The average Bonchev–Trinajstić information content (AvgIpc) is 3.82. The number of aromatic nitrogens is 3. The van der Waals surface area contributed by atoms with E-state index >= 15 is 4.79 Å². The molecule has 1 amide bonds. The number of aliphatic hydroxyl groups excluding tert-OH is 1. The molecule has 2 aromatic rings. The van der Waals surface area contributed by atoms with E-state index in [1.807, 2.05) is 12.1 Å². The summed E-state index contributed by atoms with van der Waals surface area (Å²) in [6.07, 6.45) is 16.2. The summed E-state index contributed by atoms with van der Waals surface area (Å²) in [6, 6.07) is 3.65. The molecule has 0 radical (unpaired) electrons. The summed E-state index contributed by atoms with van der Waals surface area (Å²) in [4.78, 5) is 26.5. The van der Waals surface area contributed by atoms with Crippen LogP contribution in [-0.4, -0.2) is 43.7 Å². The monoisotopic (exact) mass is 654 g/mol. The van der Waals surface area contributed by atoms with Gasteiger partial charge in [-0.1, -0.05) is 51.9 Å². The van der Waals surface area contributed by atoms with Gasteiger partial charge in [0.25, 0.3) is 0 Å². The zero-order chi connectivity index (χ0) is 33.9. The molecule has 11 atom stereocenters. The molecule has 2 aromatic heterocycles. The summed E-state index contributed by atoms with van der Waals surface area (Å²) >= 11 is 0. The van der Waals surface area contributed by atoms with Crippen LogP contribution in [0.3, 0.4) is 0 Å². The third-order valence-electron chi connectivity index (χ3n) is 16.6. The molecular formula is C41H58N4O3. The molecule has 0 aromatic carbocycles. The van der Waals surface area contributed by atoms with Gasteiger partial charge in [-0.25, -0.2) is 0 Å². The molecule has 3 heterocycles. The van der Waals surface area contributed by atoms with Crippen LogP contribution in [0.4, 0.5) is 0 Å². The van der Waals surface area contributed by atoms with E-state index in [9.17, 15) is 5.11 Å². The first-order chi connectivity index (χ1) is 22.8. The summed E-state index contributed by atoms with van der Waals surface area (Å²) in [5.41, 5.74) is 2.34. The Morgan fingerprint density at radius 1 is 0.958 bits per heavy atom. The topological polar surface area (TPSA) is 92.4 Å². The van der Waals surface area contributed by atoms with Gasteiger partial charge in [0, 0.05) is 24.5 Å². The largest absolute Gasteiger partial charge is 0.393 e. The van der Waals surface area contributed by atoms with Gasteiger partial charge in [0.05, 0.1) is 11.5 Å². The van der Waals surface area contributed by atoms with Crippen molar-refractivity contribution in [3.05, 3.63) is 42.6 Å². The Hall–Kier alpha value is -2.54. The molecule has 6 fully saturated rings. The Bertz CT molecular complexity index is 1590. The highest BCUT2D eigenvalue weighted by atomic mass is 16.5. The maximum Gasteiger partial charge on any atom is 0.249 e. The maximum absolute atomic E-state index is 15.3. The van der Waals surface area contributed by atoms with E-state index in [-0.39, 0.29) is 39.2 Å². The molecule has 1 aliphatic heterocycles. The normalized spacial score (nSPS) is 44.7. The van der Waals surface area contributed by atoms with Crippen molar-refractivity contribution in [2.75, 3.05) is 6.54 Å². The highest BCUT2D eigenvalue weighted by Crippen LogP contribution is 2.77. The molecule has 8 rings (SSSR count). The highest BCUT2D eigenvalue weighted by molar-refractivity contribution is 5.84. The second-order valence-electron chi connectivity index (χ2n) is 18.6. The minimum absolute atomic E-state index is 0.0416. The van der Waals surface area contributed by atoms with Crippen molar-refractivity contribution >= 4 is 5.91 Å². The number of carbonyl (C=O) groups is 1. The molecule has 1 saturated heterocycles. The molecule has 7 nitrogen and oxygen atoms in total. The number of hydrogen-bond acceptors (Lipinski definition) is 6. The lowest BCUT2D eigenvalue weighted by Crippen LogP contribution is -2.67. The van der Waals surface area contributed by atoms with Gasteiger partial charge in [-0.2, -0.15) is 4.98 Å². The molecular weight excluding hydrogens is 596 g/mol. The van der Waals surface area contributed by atoms with E-state index in [1.54, 1.807) is 12.4 Å². The van der Waals surface area contributed by atoms with Crippen LogP contribution in [0.2, 0.25) is 0 Å². The molecule has 0 bridgehead atoms. The van der Waals surface area contributed by atoms with E-state index < -0.39 is 0 Å². The molecule has 260 valence electrons. The van der Waals surface area contributed by atoms with Crippen LogP contribution in [0, 0.1) is 56.7 Å². The number of rotatable bonds is 4. The zero-order valence-corrected chi connectivity index (χ0v) is 30.3. The number of likely N-dealkylation sites (tertiary alicyclic amines) is 1. The Labute approximate surface area is 287 Å². The number of carbonyl (C=O) groups excluding carboxylic acids is 1. The van der Waals surface area contributed by atoms with E-state index in [2.05, 4.69) is 63.2 Å². The van der Waals surface area contributed by atoms with Crippen molar-refractivity contribution in [3.63, 3.8) is 0 Å². The van der Waals surface area contributed by atoms with Crippen molar-refractivity contribution in [2.45, 2.75) is 131 Å². The Kier molecular flexibility index (Phi) is 7.47. The van der Waals surface area contributed by atoms with Crippen molar-refractivity contribution in [2.24, 2.45) is 56.7 Å². The van der Waals surface area contributed by atoms with Crippen molar-refractivity contribution in [1.82, 2.24) is 20.0 Å². The lowest BCUT2D eigenvalue weighted by atomic mass is 9.32. The third-order valence-corrected chi connectivity index (χ3v) is 16.6. The van der Waals surface area contributed by atoms with Gasteiger partial charge >= 0.3 is 0 Å². The van der Waals surface area contributed by atoms with Crippen LogP contribution in [0.5, 0.6) is 0 Å². The number of amides is 1. The van der Waals surface area contributed by atoms with Gasteiger partial charge in [-0.05, 0) is 147 Å². The van der Waals surface area contributed by atoms with E-state index in [1.165, 1.54) is 31.3 Å². The molecule has 6 aliphatic rings. The number of fused-ring (bicyclic) bond motifs is 7. The third kappa shape index (κ3) is 4.27. The molecule has 5 aliphatic carbocycles. The van der Waals surface area contributed by atoms with Crippen LogP contribution in [0.15, 0.2) is 41.2 Å². The predicted octanol–water partition coefficient (Wildman–Crippen LogP) is 8.81. The van der Waals surface area contributed by atoms with Crippen LogP contribution in [0.25, 0.3) is 11.4 Å². The van der Waals surface area contributed by atoms with Gasteiger partial charge in [0.1, 0.15) is 6.04 Å². The SMILES string of the molecule is C=C(C)C1CCC2(C(=O)N3CCCC3c3nc(-c4cccnc4)no3)CCC3(C)C(CCC4C5(C)CCC(O)C(C)(C)C5CCC43C)C12. The summed E-state index contributed by atoms with van der Waals surface area (Å²) in [5.74, 6) is 3.86. The molecule has 0 spiro atoms. The van der Waals surface area contributed by atoms with E-state index in [0.29, 0.717) is 47.2 Å². The fraction of sp³-hybridized carbons (Fsp3) is 0.756. The van der Waals surface area contributed by atoms with Gasteiger partial charge in [-0.15, -0.1) is 0 Å². The number of pyridine rings is 1. The standard InChI is InChI=1S/C41H58N4O3/c1-25(2)27-14-19-41(36(47)45-23-9-11-29(45)35-43-34(44-48-35)26-10-8-22-42-24-26)21-20-39(6)28(33(27)41)12-13-31-38(5)17-16-32(46)37(3,4)30(38)15-18-40(31,39)7/h8,10,22,24,27-33,46H,1,9,11-21,23H2,2-7H3. The van der Waals surface area contributed by atoms with Crippen LogP contribution < -0.4 is 0 Å². The Balaban J connectivity index is 1.12. The lowest BCUT2D eigenvalue weighted by Gasteiger charge is -2.73. The maximum atomic E-state index is 15.3. The quantitative estimate of drug-likeness (QED) is 0.331. The summed E-state index contributed by atoms with van der Waals surface area (Å²) in [5, 5.41) is 15.4. The highest BCUT2D eigenvalue weighted by Gasteiger charge is 2.72. The smallest absolute Gasteiger partial charge is 0.249 e. The summed E-state index contributed by atoms with van der Waals surface area (Å²) in [7, 11) is 0. The fourth-order valence-electron chi connectivity index (χ4n) is 14.0. The van der Waals surface area contributed by atoms with E-state index in [0.717, 1.165) is 63.5 Å². The van der Waals surface area contributed by atoms with Crippen LogP contribution in [-0.2, 0) is 4.79 Å². The fourth-order valence-corrected chi connectivity index (χ4v) is 14.0. The van der Waals surface area contributed by atoms with Crippen molar-refractivity contribution in [3.8, 4) is 11.4 Å². The lowest BCUT2D eigenvalue weighted by molar-refractivity contribution is -0.247. The minimum atomic E-state index is -0.357. The second-order valence-corrected chi connectivity index (χ2v) is 18.6. The van der Waals surface area contributed by atoms with Gasteiger partial charge in [0.2, 0.25) is 17.6 Å². The number of hydrogen-bond donors (Lipinski definition) is 1. The second kappa shape index (κ2) is 11.0. The van der Waals surface area contributed by atoms with Crippen molar-refractivity contribution in [1.29, 1.82) is 0 Å². The van der Waals surface area contributed by atoms with Crippen LogP contribution in [0.1, 0.15) is 131 Å². The first-order valence-electron chi connectivity index (χ1n) is 19.2. The molecule has 1 N–H and O–H groups in total. The molecule has 11 unspecified atom stereocenters. The van der Waals surface area contributed by atoms with Gasteiger partial charge in [0.15, 0.2) is 0 Å². The van der Waals surface area contributed by atoms with Crippen LogP contribution >= 0.6 is 0 Å². The number of allylic oxidation sites excluding steroid dienone is 1. The molecule has 48 heavy (non-hydrogen) atoms. The van der Waals surface area contributed by atoms with Gasteiger partial charge < -0.3 is 14.5 Å². The Morgan fingerprint density at radius 3 is 2.52 bits per heavy atom. The predicted molar refractivity (Wildman–Crippen MR) is 186 cm³/mol. The molecule has 5 saturated carbocycles. The number of nitrogens with zero attached hydrogens (tertiary/aromatic N) is 4. The average molecular weight is 655 g/mol. The zero-order valence-electron chi connectivity index (χ0n) is 30.3. The first-order valence-corrected chi connectivity index (χ1v) is 19.2. The van der Waals surface area contributed by atoms with Gasteiger partial charge in [-0.3, -0.25) is 9.78 Å². The summed E-state index contributed by atoms with van der Waals surface area (Å²) in [6.45, 7) is 20.1. The molecule has 7 heteroatoms. The van der Waals surface area contributed by atoms with Crippen molar-refractivity contribution < 1.29 is 14.4 Å². The van der Waals surface area contributed by atoms with E-state index in [4.69, 9.17) is 9.51 Å². The summed E-state index contributed by atoms with van der Waals surface area (Å²) < 4.78 is 5.87.